The predicted molar refractivity (Wildman–Crippen MR) is 97.2 cm³/mol. The molecule has 1 fully saturated rings. The van der Waals surface area contributed by atoms with E-state index >= 15 is 0 Å². The van der Waals surface area contributed by atoms with Crippen LogP contribution in [0.1, 0.15) is 23.6 Å². The van der Waals surface area contributed by atoms with E-state index in [-0.39, 0.29) is 18.1 Å². The number of nitrogens with zero attached hydrogens (tertiary/aromatic N) is 4. The number of amides is 1. The summed E-state index contributed by atoms with van der Waals surface area (Å²) < 4.78 is 7.95. The summed E-state index contributed by atoms with van der Waals surface area (Å²) in [4.78, 5) is 19.1. The molecule has 0 N–H and O–H groups in total. The molecule has 4 heterocycles. The first-order chi connectivity index (χ1) is 12.0. The van der Waals surface area contributed by atoms with E-state index in [9.17, 15) is 4.79 Å². The predicted octanol–water partition coefficient (Wildman–Crippen LogP) is 3.36. The molecule has 0 radical (unpaired) electrons. The molecule has 2 unspecified atom stereocenters. The van der Waals surface area contributed by atoms with Crippen LogP contribution in [0.4, 0.5) is 0 Å². The van der Waals surface area contributed by atoms with Gasteiger partial charge in [-0.3, -0.25) is 4.79 Å². The van der Waals surface area contributed by atoms with E-state index in [0.717, 1.165) is 11.1 Å². The van der Waals surface area contributed by atoms with Crippen molar-refractivity contribution in [1.29, 1.82) is 0 Å². The molecule has 0 aromatic carbocycles. The lowest BCUT2D eigenvalue weighted by Gasteiger charge is -2.34. The van der Waals surface area contributed by atoms with E-state index in [1.54, 1.807) is 15.6 Å². The number of halogens is 1. The quantitative estimate of drug-likeness (QED) is 0.688. The van der Waals surface area contributed by atoms with Crippen molar-refractivity contribution in [2.24, 2.45) is 0 Å². The Labute approximate surface area is 154 Å². The van der Waals surface area contributed by atoms with E-state index in [1.807, 2.05) is 38.2 Å². The minimum absolute atomic E-state index is 0.0159. The van der Waals surface area contributed by atoms with Gasteiger partial charge in [-0.15, -0.1) is 0 Å². The number of fused-ring (bicyclic) bond motifs is 1. The lowest BCUT2D eigenvalue weighted by Crippen LogP contribution is -2.48. The summed E-state index contributed by atoms with van der Waals surface area (Å²) in [6, 6.07) is 5.79. The molecule has 1 aliphatic heterocycles. The summed E-state index contributed by atoms with van der Waals surface area (Å²) in [7, 11) is 0. The number of rotatable bonds is 2. The van der Waals surface area contributed by atoms with Crippen molar-refractivity contribution in [3.8, 4) is 11.3 Å². The average Bonchev–Trinajstić information content (AvgIpc) is 3.16. The summed E-state index contributed by atoms with van der Waals surface area (Å²) in [5.74, 6) is -0.100. The number of ether oxygens (including phenoxy) is 1. The molecule has 0 aliphatic carbocycles. The molecule has 1 saturated heterocycles. The fourth-order valence-corrected chi connectivity index (χ4v) is 4.29. The molecule has 3 aromatic rings. The zero-order valence-electron chi connectivity index (χ0n) is 13.8. The molecular formula is C17H17ClN4O2S. The fraction of sp³-hybridized carbons (Fsp3) is 0.353. The third kappa shape index (κ3) is 3.03. The van der Waals surface area contributed by atoms with Crippen LogP contribution < -0.4 is 0 Å². The van der Waals surface area contributed by atoms with E-state index < -0.39 is 0 Å². The lowest BCUT2D eigenvalue weighted by molar-refractivity contribution is -0.0586. The number of carbonyl (C=O) groups excluding carboxylic acids is 1. The van der Waals surface area contributed by atoms with Crippen molar-refractivity contribution in [2.45, 2.75) is 26.1 Å². The molecule has 25 heavy (non-hydrogen) atoms. The Kier molecular flexibility index (Phi) is 4.23. The highest BCUT2D eigenvalue weighted by atomic mass is 35.5. The third-order valence-electron chi connectivity index (χ3n) is 4.16. The van der Waals surface area contributed by atoms with Crippen LogP contribution in [-0.4, -0.2) is 50.7 Å². The van der Waals surface area contributed by atoms with Gasteiger partial charge in [0.1, 0.15) is 10.0 Å². The topological polar surface area (TPSA) is 59.7 Å². The van der Waals surface area contributed by atoms with E-state index in [4.69, 9.17) is 16.3 Å². The normalized spacial score (nSPS) is 21.0. The van der Waals surface area contributed by atoms with Crippen molar-refractivity contribution < 1.29 is 9.53 Å². The van der Waals surface area contributed by atoms with Gasteiger partial charge < -0.3 is 9.64 Å². The minimum atomic E-state index is -0.100. The highest BCUT2D eigenvalue weighted by Crippen LogP contribution is 2.35. The van der Waals surface area contributed by atoms with Gasteiger partial charge in [0.2, 0.25) is 0 Å². The maximum absolute atomic E-state index is 12.8. The van der Waals surface area contributed by atoms with Crippen LogP contribution in [0.2, 0.25) is 4.34 Å². The summed E-state index contributed by atoms with van der Waals surface area (Å²) >= 11 is 7.61. The lowest BCUT2D eigenvalue weighted by atomic mass is 10.2. The standard InChI is InChI=1S/C17H17ClN4O2S/c1-10-8-21(9-11(2)24-10)17(23)16-20-14(15(18)25-16)12-7-19-22-6-4-3-5-13(12)22/h3-7,10-11H,8-9H2,1-2H3. The van der Waals surface area contributed by atoms with Gasteiger partial charge in [-0.05, 0) is 26.0 Å². The van der Waals surface area contributed by atoms with E-state index in [2.05, 4.69) is 10.1 Å². The molecule has 1 aliphatic rings. The molecule has 0 bridgehead atoms. The van der Waals surface area contributed by atoms with Gasteiger partial charge in [0.05, 0.1) is 23.9 Å². The van der Waals surface area contributed by atoms with Crippen molar-refractivity contribution in [3.63, 3.8) is 0 Å². The monoisotopic (exact) mass is 376 g/mol. The largest absolute Gasteiger partial charge is 0.372 e. The first kappa shape index (κ1) is 16.5. The number of morpholine rings is 1. The van der Waals surface area contributed by atoms with Gasteiger partial charge in [0, 0.05) is 24.8 Å². The Balaban J connectivity index is 1.67. The Morgan fingerprint density at radius 1 is 1.32 bits per heavy atom. The van der Waals surface area contributed by atoms with Gasteiger partial charge in [-0.25, -0.2) is 9.50 Å². The Bertz CT molecular complexity index is 928. The highest BCUT2D eigenvalue weighted by molar-refractivity contribution is 7.18. The summed E-state index contributed by atoms with van der Waals surface area (Å²) in [6.07, 6.45) is 3.62. The zero-order chi connectivity index (χ0) is 17.6. The van der Waals surface area contributed by atoms with Gasteiger partial charge in [-0.2, -0.15) is 5.10 Å². The molecule has 4 rings (SSSR count). The Hall–Kier alpha value is -1.96. The maximum Gasteiger partial charge on any atom is 0.283 e. The molecule has 130 valence electrons. The zero-order valence-corrected chi connectivity index (χ0v) is 15.4. The minimum Gasteiger partial charge on any atom is -0.372 e. The number of carbonyl (C=O) groups is 1. The number of hydrogen-bond acceptors (Lipinski definition) is 5. The van der Waals surface area contributed by atoms with Crippen LogP contribution in [0.5, 0.6) is 0 Å². The third-order valence-corrected chi connectivity index (χ3v) is 5.40. The molecule has 8 heteroatoms. The van der Waals surface area contributed by atoms with Crippen LogP contribution in [0.3, 0.4) is 0 Å². The fourth-order valence-electron chi connectivity index (χ4n) is 3.16. The van der Waals surface area contributed by atoms with Crippen molar-refractivity contribution in [2.75, 3.05) is 13.1 Å². The SMILES string of the molecule is CC1CN(C(=O)c2nc(-c3cnn4ccccc34)c(Cl)s2)CC(C)O1. The molecule has 0 saturated carbocycles. The molecule has 6 nitrogen and oxygen atoms in total. The second-order valence-corrected chi connectivity index (χ2v) is 7.80. The smallest absolute Gasteiger partial charge is 0.283 e. The van der Waals surface area contributed by atoms with Crippen LogP contribution >= 0.6 is 22.9 Å². The van der Waals surface area contributed by atoms with E-state index in [1.165, 1.54) is 11.3 Å². The number of aromatic nitrogens is 3. The van der Waals surface area contributed by atoms with Crippen molar-refractivity contribution >= 4 is 34.4 Å². The number of thiazole rings is 1. The van der Waals surface area contributed by atoms with Gasteiger partial charge in [0.15, 0.2) is 5.01 Å². The Morgan fingerprint density at radius 2 is 2.08 bits per heavy atom. The molecular weight excluding hydrogens is 360 g/mol. The van der Waals surface area contributed by atoms with Gasteiger partial charge >= 0.3 is 0 Å². The van der Waals surface area contributed by atoms with Gasteiger partial charge in [-0.1, -0.05) is 29.0 Å². The molecule has 3 aromatic heterocycles. The second-order valence-electron chi connectivity index (χ2n) is 6.20. The van der Waals surface area contributed by atoms with Crippen LogP contribution in [0.25, 0.3) is 16.8 Å². The maximum atomic E-state index is 12.8. The molecule has 0 spiro atoms. The van der Waals surface area contributed by atoms with Crippen LogP contribution in [0, 0.1) is 0 Å². The van der Waals surface area contributed by atoms with Crippen LogP contribution in [0.15, 0.2) is 30.6 Å². The van der Waals surface area contributed by atoms with Gasteiger partial charge in [0.25, 0.3) is 5.91 Å². The summed E-state index contributed by atoms with van der Waals surface area (Å²) in [5, 5.41) is 4.71. The Morgan fingerprint density at radius 3 is 2.84 bits per heavy atom. The van der Waals surface area contributed by atoms with Crippen LogP contribution in [-0.2, 0) is 4.74 Å². The van der Waals surface area contributed by atoms with Crippen molar-refractivity contribution in [3.05, 3.63) is 39.9 Å². The number of hydrogen-bond donors (Lipinski definition) is 0. The second kappa shape index (κ2) is 6.40. The van der Waals surface area contributed by atoms with Crippen molar-refractivity contribution in [1.82, 2.24) is 19.5 Å². The average molecular weight is 377 g/mol. The highest BCUT2D eigenvalue weighted by Gasteiger charge is 2.29. The summed E-state index contributed by atoms with van der Waals surface area (Å²) in [6.45, 7) is 5.06. The summed E-state index contributed by atoms with van der Waals surface area (Å²) in [5.41, 5.74) is 2.33. The number of pyridine rings is 1. The first-order valence-electron chi connectivity index (χ1n) is 8.06. The molecule has 2 atom stereocenters. The first-order valence-corrected chi connectivity index (χ1v) is 9.26. The van der Waals surface area contributed by atoms with E-state index in [0.29, 0.717) is 28.1 Å². The molecule has 1 amide bonds.